The van der Waals surface area contributed by atoms with Gasteiger partial charge in [0.2, 0.25) is 0 Å². The van der Waals surface area contributed by atoms with Crippen LogP contribution in [0.4, 0.5) is 0 Å². The number of para-hydroxylation sites is 1. The highest BCUT2D eigenvalue weighted by Gasteiger charge is 2.12. The second kappa shape index (κ2) is 8.02. The minimum Gasteiger partial charge on any atom is -0.496 e. The number of rotatable bonds is 5. The molecule has 0 N–H and O–H groups in total. The van der Waals surface area contributed by atoms with E-state index in [0.717, 1.165) is 22.4 Å². The summed E-state index contributed by atoms with van der Waals surface area (Å²) in [5, 5.41) is 6.78. The number of methoxy groups -OCH3 is 1. The lowest BCUT2D eigenvalue weighted by Crippen LogP contribution is -2.16. The highest BCUT2D eigenvalue weighted by molar-refractivity contribution is 7.17. The third-order valence-corrected chi connectivity index (χ3v) is 5.14. The lowest BCUT2D eigenvalue weighted by Gasteiger charge is -2.02. The molecule has 28 heavy (non-hydrogen) atoms. The first-order valence-corrected chi connectivity index (χ1v) is 9.54. The number of aromatic nitrogens is 2. The predicted molar refractivity (Wildman–Crippen MR) is 115 cm³/mol. The number of nitrogens with zero attached hydrogens (tertiary/aromatic N) is 3. The average molecular weight is 387 g/mol. The van der Waals surface area contributed by atoms with Crippen molar-refractivity contribution in [2.45, 2.75) is 0 Å². The van der Waals surface area contributed by atoms with Crippen LogP contribution in [0, 0.1) is 0 Å². The van der Waals surface area contributed by atoms with E-state index in [2.05, 4.69) is 10.1 Å². The van der Waals surface area contributed by atoms with Gasteiger partial charge in [0.1, 0.15) is 16.9 Å². The van der Waals surface area contributed by atoms with Gasteiger partial charge in [-0.1, -0.05) is 48.5 Å². The van der Waals surface area contributed by atoms with Crippen LogP contribution in [0.25, 0.3) is 27.4 Å². The Morgan fingerprint density at radius 2 is 1.89 bits per heavy atom. The van der Waals surface area contributed by atoms with E-state index in [-0.39, 0.29) is 5.56 Å². The average Bonchev–Trinajstić information content (AvgIpc) is 3.18. The largest absolute Gasteiger partial charge is 0.496 e. The van der Waals surface area contributed by atoms with E-state index >= 15 is 0 Å². The molecule has 0 atom stereocenters. The lowest BCUT2D eigenvalue weighted by atomic mass is 10.1. The molecule has 0 aliphatic carbocycles. The van der Waals surface area contributed by atoms with E-state index in [1.807, 2.05) is 66.1 Å². The van der Waals surface area contributed by atoms with Crippen LogP contribution in [0.3, 0.4) is 0 Å². The van der Waals surface area contributed by atoms with Crippen LogP contribution >= 0.6 is 11.3 Å². The smallest absolute Gasteiger partial charge is 0.283 e. The molecule has 138 valence electrons. The molecule has 0 aliphatic rings. The fourth-order valence-corrected chi connectivity index (χ4v) is 3.80. The van der Waals surface area contributed by atoms with Gasteiger partial charge in [-0.3, -0.25) is 4.79 Å². The Morgan fingerprint density at radius 3 is 2.71 bits per heavy atom. The zero-order valence-corrected chi connectivity index (χ0v) is 16.0. The van der Waals surface area contributed by atoms with Gasteiger partial charge < -0.3 is 4.74 Å². The number of ether oxygens (including phenoxy) is 1. The van der Waals surface area contributed by atoms with E-state index < -0.39 is 0 Å². The van der Waals surface area contributed by atoms with Crippen molar-refractivity contribution in [1.29, 1.82) is 0 Å². The normalized spacial score (nSPS) is 11.6. The summed E-state index contributed by atoms with van der Waals surface area (Å²) in [5.74, 6) is 0.776. The third-order valence-electron chi connectivity index (χ3n) is 4.25. The molecule has 0 unspecified atom stereocenters. The standard InChI is InChI=1S/C22H17N3O2S/c1-27-19-12-6-5-10-17(19)11-7-13-24-25-15-23-21-20(22(25)26)18(14-28-21)16-8-3-2-4-9-16/h2-15H,1H3/b11-7+,24-13-. The summed E-state index contributed by atoms with van der Waals surface area (Å²) in [7, 11) is 1.63. The monoisotopic (exact) mass is 387 g/mol. The van der Waals surface area contributed by atoms with Crippen molar-refractivity contribution in [3.63, 3.8) is 0 Å². The fourth-order valence-electron chi connectivity index (χ4n) is 2.90. The zero-order valence-electron chi connectivity index (χ0n) is 15.1. The topological polar surface area (TPSA) is 56.5 Å². The van der Waals surface area contributed by atoms with Crippen LogP contribution in [0.15, 0.2) is 82.3 Å². The highest BCUT2D eigenvalue weighted by Crippen LogP contribution is 2.30. The molecule has 0 amide bonds. The Kier molecular flexibility index (Phi) is 5.12. The molecule has 5 nitrogen and oxygen atoms in total. The molecule has 6 heteroatoms. The highest BCUT2D eigenvalue weighted by atomic mass is 32.1. The van der Waals surface area contributed by atoms with E-state index in [1.54, 1.807) is 19.4 Å². The SMILES string of the molecule is COc1ccccc1/C=C/C=N\n1cnc2scc(-c3ccccc3)c2c1=O. The first kappa shape index (κ1) is 17.9. The van der Waals surface area contributed by atoms with Crippen LogP contribution in [0.1, 0.15) is 5.56 Å². The van der Waals surface area contributed by atoms with Gasteiger partial charge in [-0.2, -0.15) is 9.78 Å². The van der Waals surface area contributed by atoms with Crippen LogP contribution in [-0.2, 0) is 0 Å². The molecule has 0 saturated carbocycles. The van der Waals surface area contributed by atoms with Crippen molar-refractivity contribution in [3.05, 3.63) is 88.3 Å². The molecule has 2 aromatic carbocycles. The first-order chi connectivity index (χ1) is 13.8. The first-order valence-electron chi connectivity index (χ1n) is 8.66. The third kappa shape index (κ3) is 3.50. The minimum absolute atomic E-state index is 0.188. The van der Waals surface area contributed by atoms with Crippen LogP contribution < -0.4 is 10.3 Å². The van der Waals surface area contributed by atoms with Gasteiger partial charge in [-0.15, -0.1) is 11.3 Å². The van der Waals surface area contributed by atoms with Crippen molar-refractivity contribution in [3.8, 4) is 16.9 Å². The van der Waals surface area contributed by atoms with Crippen molar-refractivity contribution in [2.75, 3.05) is 7.11 Å². The summed E-state index contributed by atoms with van der Waals surface area (Å²) in [6.45, 7) is 0. The summed E-state index contributed by atoms with van der Waals surface area (Å²) in [4.78, 5) is 18.0. The molecular weight excluding hydrogens is 370 g/mol. The Hall–Kier alpha value is -3.51. The van der Waals surface area contributed by atoms with E-state index in [9.17, 15) is 4.79 Å². The maximum atomic E-state index is 12.9. The summed E-state index contributed by atoms with van der Waals surface area (Å²) >= 11 is 1.46. The second-order valence-electron chi connectivity index (χ2n) is 5.96. The number of thiophene rings is 1. The molecule has 4 aromatic rings. The molecule has 0 spiro atoms. The van der Waals surface area contributed by atoms with Gasteiger partial charge in [0.05, 0.1) is 12.5 Å². The number of hydrogen-bond acceptors (Lipinski definition) is 5. The molecule has 0 saturated heterocycles. The van der Waals surface area contributed by atoms with E-state index in [1.165, 1.54) is 22.3 Å². The van der Waals surface area contributed by atoms with Gasteiger partial charge in [0, 0.05) is 22.7 Å². The molecule has 0 radical (unpaired) electrons. The van der Waals surface area contributed by atoms with Crippen molar-refractivity contribution in [1.82, 2.24) is 9.66 Å². The van der Waals surface area contributed by atoms with Crippen LogP contribution in [-0.4, -0.2) is 23.0 Å². The quantitative estimate of drug-likeness (QED) is 0.467. The van der Waals surface area contributed by atoms with Crippen LogP contribution in [0.2, 0.25) is 0 Å². The fraction of sp³-hybridized carbons (Fsp3) is 0.0455. The van der Waals surface area contributed by atoms with Crippen molar-refractivity contribution >= 4 is 33.8 Å². The molecular formula is C22H17N3O2S. The molecule has 2 heterocycles. The lowest BCUT2D eigenvalue weighted by molar-refractivity contribution is 0.414. The molecule has 0 bridgehead atoms. The summed E-state index contributed by atoms with van der Waals surface area (Å²) < 4.78 is 6.57. The number of benzene rings is 2. The number of fused-ring (bicyclic) bond motifs is 1. The molecule has 4 rings (SSSR count). The Labute approximate surface area is 165 Å². The molecule has 0 aliphatic heterocycles. The predicted octanol–water partition coefficient (Wildman–Crippen LogP) is 4.68. The molecule has 0 fully saturated rings. The summed E-state index contributed by atoms with van der Waals surface area (Å²) in [6.07, 6.45) is 6.65. The molecule has 2 aromatic heterocycles. The van der Waals surface area contributed by atoms with E-state index in [0.29, 0.717) is 10.2 Å². The van der Waals surface area contributed by atoms with Crippen LogP contribution in [0.5, 0.6) is 5.75 Å². The van der Waals surface area contributed by atoms with Gasteiger partial charge in [-0.25, -0.2) is 4.98 Å². The Morgan fingerprint density at radius 1 is 1.11 bits per heavy atom. The number of hydrogen-bond donors (Lipinski definition) is 0. The van der Waals surface area contributed by atoms with Gasteiger partial charge >= 0.3 is 0 Å². The Bertz CT molecular complexity index is 1220. The van der Waals surface area contributed by atoms with E-state index in [4.69, 9.17) is 4.74 Å². The summed E-state index contributed by atoms with van der Waals surface area (Å²) in [6, 6.07) is 17.5. The minimum atomic E-state index is -0.188. The second-order valence-corrected chi connectivity index (χ2v) is 6.81. The maximum absolute atomic E-state index is 12.9. The maximum Gasteiger partial charge on any atom is 0.283 e. The van der Waals surface area contributed by atoms with Gasteiger partial charge in [0.15, 0.2) is 0 Å². The van der Waals surface area contributed by atoms with Gasteiger partial charge in [0.25, 0.3) is 5.56 Å². The van der Waals surface area contributed by atoms with Crippen molar-refractivity contribution in [2.24, 2.45) is 5.10 Å². The van der Waals surface area contributed by atoms with Crippen molar-refractivity contribution < 1.29 is 4.74 Å². The van der Waals surface area contributed by atoms with Gasteiger partial charge in [-0.05, 0) is 23.8 Å². The number of allylic oxidation sites excluding steroid dienone is 1. The Balaban J connectivity index is 1.66. The summed E-state index contributed by atoms with van der Waals surface area (Å²) in [5.41, 5.74) is 2.62. The zero-order chi connectivity index (χ0) is 19.3.